The Labute approximate surface area is 89.5 Å². The fraction of sp³-hybridized carbons (Fsp3) is 1.00. The maximum atomic E-state index is 5.75. The molecule has 1 fully saturated rings. The molecule has 1 aliphatic rings. The van der Waals surface area contributed by atoms with Gasteiger partial charge in [0.1, 0.15) is 0 Å². The summed E-state index contributed by atoms with van der Waals surface area (Å²) in [6, 6.07) is 0. The van der Waals surface area contributed by atoms with Crippen molar-refractivity contribution in [1.82, 2.24) is 0 Å². The van der Waals surface area contributed by atoms with Gasteiger partial charge < -0.3 is 5.73 Å². The molecule has 0 radical (unpaired) electrons. The minimum atomic E-state index is 0.544. The molecule has 0 bridgehead atoms. The number of hydrogen-bond donors (Lipinski definition) is 1. The SMILES string of the molecule is CCC(C)CC(C)(CCN)C1CCC1. The third-order valence-electron chi connectivity index (χ3n) is 4.32. The van der Waals surface area contributed by atoms with Gasteiger partial charge in [-0.1, -0.05) is 33.6 Å². The van der Waals surface area contributed by atoms with Crippen LogP contribution < -0.4 is 5.73 Å². The Hall–Kier alpha value is -0.0400. The average molecular weight is 197 g/mol. The van der Waals surface area contributed by atoms with E-state index in [1.54, 1.807) is 0 Å². The highest BCUT2D eigenvalue weighted by molar-refractivity contribution is 4.88. The largest absolute Gasteiger partial charge is 0.330 e. The van der Waals surface area contributed by atoms with Gasteiger partial charge in [0.05, 0.1) is 0 Å². The van der Waals surface area contributed by atoms with Gasteiger partial charge in [-0.05, 0) is 49.5 Å². The molecule has 0 amide bonds. The van der Waals surface area contributed by atoms with Crippen LogP contribution in [-0.4, -0.2) is 6.54 Å². The van der Waals surface area contributed by atoms with Crippen LogP contribution in [-0.2, 0) is 0 Å². The average Bonchev–Trinajstić information content (AvgIpc) is 2.00. The number of nitrogens with two attached hydrogens (primary N) is 1. The van der Waals surface area contributed by atoms with Crippen molar-refractivity contribution in [3.8, 4) is 0 Å². The Kier molecular flexibility index (Phi) is 4.43. The van der Waals surface area contributed by atoms with Crippen LogP contribution in [0.25, 0.3) is 0 Å². The summed E-state index contributed by atoms with van der Waals surface area (Å²) < 4.78 is 0. The minimum absolute atomic E-state index is 0.544. The Morgan fingerprint density at radius 1 is 1.43 bits per heavy atom. The molecule has 1 aliphatic carbocycles. The van der Waals surface area contributed by atoms with E-state index in [1.807, 2.05) is 0 Å². The molecule has 2 atom stereocenters. The van der Waals surface area contributed by atoms with Crippen LogP contribution in [0.1, 0.15) is 59.3 Å². The normalized spacial score (nSPS) is 24.0. The first-order valence-electron chi connectivity index (χ1n) is 6.32. The third kappa shape index (κ3) is 2.73. The van der Waals surface area contributed by atoms with E-state index >= 15 is 0 Å². The van der Waals surface area contributed by atoms with Crippen molar-refractivity contribution in [2.24, 2.45) is 23.0 Å². The summed E-state index contributed by atoms with van der Waals surface area (Å²) >= 11 is 0. The van der Waals surface area contributed by atoms with E-state index in [-0.39, 0.29) is 0 Å². The van der Waals surface area contributed by atoms with Crippen molar-refractivity contribution in [3.05, 3.63) is 0 Å². The molecule has 0 aromatic carbocycles. The predicted molar refractivity (Wildman–Crippen MR) is 63.2 cm³/mol. The van der Waals surface area contributed by atoms with Crippen LogP contribution in [0.15, 0.2) is 0 Å². The zero-order valence-corrected chi connectivity index (χ0v) is 10.2. The Morgan fingerprint density at radius 3 is 2.43 bits per heavy atom. The van der Waals surface area contributed by atoms with Gasteiger partial charge in [-0.25, -0.2) is 0 Å². The fourth-order valence-corrected chi connectivity index (χ4v) is 2.85. The maximum Gasteiger partial charge on any atom is -0.00720 e. The second-order valence-electron chi connectivity index (χ2n) is 5.54. The summed E-state index contributed by atoms with van der Waals surface area (Å²) in [5.41, 5.74) is 6.29. The molecule has 0 aromatic heterocycles. The van der Waals surface area contributed by atoms with E-state index in [0.29, 0.717) is 5.41 Å². The van der Waals surface area contributed by atoms with Gasteiger partial charge in [0.15, 0.2) is 0 Å². The van der Waals surface area contributed by atoms with E-state index in [2.05, 4.69) is 20.8 Å². The summed E-state index contributed by atoms with van der Waals surface area (Å²) in [4.78, 5) is 0. The van der Waals surface area contributed by atoms with Crippen molar-refractivity contribution in [1.29, 1.82) is 0 Å². The summed E-state index contributed by atoms with van der Waals surface area (Å²) in [5.74, 6) is 1.84. The van der Waals surface area contributed by atoms with Crippen molar-refractivity contribution in [3.63, 3.8) is 0 Å². The lowest BCUT2D eigenvalue weighted by Crippen LogP contribution is -2.35. The molecule has 14 heavy (non-hydrogen) atoms. The standard InChI is InChI=1S/C13H27N/c1-4-11(2)10-13(3,8-9-14)12-6-5-7-12/h11-12H,4-10,14H2,1-3H3. The molecular formula is C13H27N. The van der Waals surface area contributed by atoms with Crippen molar-refractivity contribution < 1.29 is 0 Å². The van der Waals surface area contributed by atoms with Crippen LogP contribution in [0.2, 0.25) is 0 Å². The van der Waals surface area contributed by atoms with Crippen molar-refractivity contribution in [2.45, 2.75) is 59.3 Å². The van der Waals surface area contributed by atoms with Crippen LogP contribution in [0, 0.1) is 17.3 Å². The van der Waals surface area contributed by atoms with Gasteiger partial charge in [-0.15, -0.1) is 0 Å². The van der Waals surface area contributed by atoms with E-state index < -0.39 is 0 Å². The summed E-state index contributed by atoms with van der Waals surface area (Å²) in [6.07, 6.45) is 8.27. The van der Waals surface area contributed by atoms with Gasteiger partial charge in [-0.2, -0.15) is 0 Å². The van der Waals surface area contributed by atoms with Gasteiger partial charge in [0.2, 0.25) is 0 Å². The van der Waals surface area contributed by atoms with Gasteiger partial charge in [-0.3, -0.25) is 0 Å². The van der Waals surface area contributed by atoms with E-state index in [4.69, 9.17) is 5.73 Å². The lowest BCUT2D eigenvalue weighted by molar-refractivity contribution is 0.0670. The second kappa shape index (κ2) is 5.16. The zero-order valence-electron chi connectivity index (χ0n) is 10.2. The Bertz CT molecular complexity index is 163. The molecule has 2 unspecified atom stereocenters. The summed E-state index contributed by atoms with van der Waals surface area (Å²) in [6.45, 7) is 8.01. The molecule has 2 N–H and O–H groups in total. The molecule has 0 saturated heterocycles. The van der Waals surface area contributed by atoms with E-state index in [0.717, 1.165) is 18.4 Å². The second-order valence-corrected chi connectivity index (χ2v) is 5.54. The molecule has 1 nitrogen and oxygen atoms in total. The van der Waals surface area contributed by atoms with Crippen LogP contribution in [0.4, 0.5) is 0 Å². The van der Waals surface area contributed by atoms with Crippen molar-refractivity contribution in [2.75, 3.05) is 6.54 Å². The maximum absolute atomic E-state index is 5.75. The third-order valence-corrected chi connectivity index (χ3v) is 4.32. The predicted octanol–water partition coefficient (Wildman–Crippen LogP) is 3.58. The van der Waals surface area contributed by atoms with Crippen molar-refractivity contribution >= 4 is 0 Å². The highest BCUT2D eigenvalue weighted by atomic mass is 14.6. The molecule has 0 aliphatic heterocycles. The van der Waals surface area contributed by atoms with Crippen LogP contribution in [0.5, 0.6) is 0 Å². The first-order chi connectivity index (χ1) is 6.62. The zero-order chi connectivity index (χ0) is 10.6. The Balaban J connectivity index is 2.50. The molecule has 0 aromatic rings. The highest BCUT2D eigenvalue weighted by Gasteiger charge is 2.37. The molecule has 0 spiro atoms. The highest BCUT2D eigenvalue weighted by Crippen LogP contribution is 2.47. The number of rotatable bonds is 6. The first kappa shape index (κ1) is 12.0. The molecular weight excluding hydrogens is 170 g/mol. The monoisotopic (exact) mass is 197 g/mol. The van der Waals surface area contributed by atoms with E-state index in [9.17, 15) is 0 Å². The lowest BCUT2D eigenvalue weighted by Gasteiger charge is -2.44. The van der Waals surface area contributed by atoms with Gasteiger partial charge in [0.25, 0.3) is 0 Å². The summed E-state index contributed by atoms with van der Waals surface area (Å²) in [7, 11) is 0. The minimum Gasteiger partial charge on any atom is -0.330 e. The van der Waals surface area contributed by atoms with Crippen LogP contribution >= 0.6 is 0 Å². The van der Waals surface area contributed by atoms with E-state index in [1.165, 1.54) is 38.5 Å². The quantitative estimate of drug-likeness (QED) is 0.692. The number of hydrogen-bond acceptors (Lipinski definition) is 1. The first-order valence-corrected chi connectivity index (χ1v) is 6.32. The molecule has 84 valence electrons. The summed E-state index contributed by atoms with van der Waals surface area (Å²) in [5, 5.41) is 0. The van der Waals surface area contributed by atoms with Crippen LogP contribution in [0.3, 0.4) is 0 Å². The lowest BCUT2D eigenvalue weighted by atomic mass is 9.61. The topological polar surface area (TPSA) is 26.0 Å². The van der Waals surface area contributed by atoms with Gasteiger partial charge in [0, 0.05) is 0 Å². The Morgan fingerprint density at radius 2 is 2.07 bits per heavy atom. The smallest absolute Gasteiger partial charge is 0.00720 e. The molecule has 1 heteroatoms. The van der Waals surface area contributed by atoms with Gasteiger partial charge >= 0.3 is 0 Å². The molecule has 1 rings (SSSR count). The fourth-order valence-electron chi connectivity index (χ4n) is 2.85. The molecule has 0 heterocycles. The molecule has 1 saturated carbocycles.